The molecule has 4 nitrogen and oxygen atoms in total. The second-order valence-electron chi connectivity index (χ2n) is 4.53. The maximum absolute atomic E-state index is 11.9. The summed E-state index contributed by atoms with van der Waals surface area (Å²) >= 11 is 0. The number of nitrogens with zero attached hydrogens (tertiary/aromatic N) is 1. The third kappa shape index (κ3) is 1.88. The Morgan fingerprint density at radius 2 is 2.27 bits per heavy atom. The molecule has 1 aliphatic carbocycles. The lowest BCUT2D eigenvalue weighted by Gasteiger charge is -2.14. The molecular formula is C11H19NO3. The molecule has 0 spiro atoms. The molecule has 0 aromatic rings. The van der Waals surface area contributed by atoms with Crippen molar-refractivity contribution in [1.29, 1.82) is 0 Å². The van der Waals surface area contributed by atoms with Crippen molar-refractivity contribution in [1.82, 2.24) is 5.06 Å². The second-order valence-corrected chi connectivity index (χ2v) is 4.53. The molecular weight excluding hydrogens is 194 g/mol. The summed E-state index contributed by atoms with van der Waals surface area (Å²) in [5.74, 6) is 1.05. The lowest BCUT2D eigenvalue weighted by molar-refractivity contribution is -0.171. The predicted octanol–water partition coefficient (Wildman–Crippen LogP) is 1.07. The van der Waals surface area contributed by atoms with Crippen LogP contribution in [0.25, 0.3) is 0 Å². The van der Waals surface area contributed by atoms with Crippen LogP contribution in [0.3, 0.4) is 0 Å². The molecule has 1 saturated carbocycles. The Morgan fingerprint density at radius 1 is 1.53 bits per heavy atom. The number of amides is 1. The van der Waals surface area contributed by atoms with Crippen molar-refractivity contribution in [3.63, 3.8) is 0 Å². The van der Waals surface area contributed by atoms with E-state index in [4.69, 9.17) is 9.57 Å². The third-order valence-corrected chi connectivity index (χ3v) is 3.71. The first-order chi connectivity index (χ1) is 7.16. The molecule has 1 aliphatic heterocycles. The standard InChI is InChI=1S/C11H19NO3/c1-7-9(8-5-4-6-15-8)10(7)11(13)12(2)14-3/h7-10H,4-6H2,1-3H3/t7-,8-,9-,10+/m1/s1. The first-order valence-corrected chi connectivity index (χ1v) is 5.60. The summed E-state index contributed by atoms with van der Waals surface area (Å²) in [6.07, 6.45) is 2.55. The van der Waals surface area contributed by atoms with Gasteiger partial charge < -0.3 is 4.74 Å². The van der Waals surface area contributed by atoms with Crippen LogP contribution in [-0.4, -0.2) is 37.8 Å². The summed E-state index contributed by atoms with van der Waals surface area (Å²) in [7, 11) is 3.19. The van der Waals surface area contributed by atoms with Crippen LogP contribution in [0.4, 0.5) is 0 Å². The molecule has 2 rings (SSSR count). The molecule has 15 heavy (non-hydrogen) atoms. The molecule has 0 unspecified atom stereocenters. The zero-order chi connectivity index (χ0) is 11.0. The monoisotopic (exact) mass is 213 g/mol. The van der Waals surface area contributed by atoms with Gasteiger partial charge in [-0.1, -0.05) is 6.92 Å². The minimum atomic E-state index is 0.0884. The van der Waals surface area contributed by atoms with Gasteiger partial charge in [-0.3, -0.25) is 9.63 Å². The van der Waals surface area contributed by atoms with Gasteiger partial charge in [0.15, 0.2) is 0 Å². The van der Waals surface area contributed by atoms with Crippen LogP contribution in [0.15, 0.2) is 0 Å². The van der Waals surface area contributed by atoms with Gasteiger partial charge in [-0.2, -0.15) is 0 Å². The summed E-state index contributed by atoms with van der Waals surface area (Å²) in [5.41, 5.74) is 0. The van der Waals surface area contributed by atoms with Crippen LogP contribution >= 0.6 is 0 Å². The van der Waals surface area contributed by atoms with E-state index in [-0.39, 0.29) is 11.8 Å². The largest absolute Gasteiger partial charge is 0.378 e. The van der Waals surface area contributed by atoms with Gasteiger partial charge in [-0.15, -0.1) is 0 Å². The number of carbonyl (C=O) groups excluding carboxylic acids is 1. The maximum atomic E-state index is 11.9. The zero-order valence-corrected chi connectivity index (χ0v) is 9.60. The van der Waals surface area contributed by atoms with E-state index in [1.165, 1.54) is 12.2 Å². The van der Waals surface area contributed by atoms with E-state index in [9.17, 15) is 4.79 Å². The zero-order valence-electron chi connectivity index (χ0n) is 9.60. The topological polar surface area (TPSA) is 38.8 Å². The Bertz CT molecular complexity index is 250. The van der Waals surface area contributed by atoms with E-state index in [0.29, 0.717) is 17.9 Å². The molecule has 0 aromatic carbocycles. The predicted molar refractivity (Wildman–Crippen MR) is 54.9 cm³/mol. The van der Waals surface area contributed by atoms with Crippen LogP contribution in [0.2, 0.25) is 0 Å². The van der Waals surface area contributed by atoms with Gasteiger partial charge in [0, 0.05) is 25.5 Å². The van der Waals surface area contributed by atoms with Crippen molar-refractivity contribution in [3.8, 4) is 0 Å². The second kappa shape index (κ2) is 4.10. The lowest BCUT2D eigenvalue weighted by Crippen LogP contribution is -2.28. The molecule has 86 valence electrons. The van der Waals surface area contributed by atoms with Crippen LogP contribution in [0.1, 0.15) is 19.8 Å². The number of hydrogen-bond acceptors (Lipinski definition) is 3. The Labute approximate surface area is 90.5 Å². The molecule has 0 radical (unpaired) electrons. The van der Waals surface area contributed by atoms with E-state index in [2.05, 4.69) is 6.92 Å². The fourth-order valence-electron chi connectivity index (χ4n) is 2.66. The Hall–Kier alpha value is -0.610. The average molecular weight is 213 g/mol. The Kier molecular flexibility index (Phi) is 2.98. The third-order valence-electron chi connectivity index (χ3n) is 3.71. The van der Waals surface area contributed by atoms with Gasteiger partial charge in [-0.05, 0) is 18.8 Å². The number of carbonyl (C=O) groups is 1. The summed E-state index contributed by atoms with van der Waals surface area (Å²) in [6.45, 7) is 2.98. The van der Waals surface area contributed by atoms with Crippen LogP contribution in [0.5, 0.6) is 0 Å². The molecule has 0 bridgehead atoms. The van der Waals surface area contributed by atoms with Gasteiger partial charge >= 0.3 is 0 Å². The highest BCUT2D eigenvalue weighted by atomic mass is 16.7. The van der Waals surface area contributed by atoms with E-state index >= 15 is 0 Å². The van der Waals surface area contributed by atoms with Crippen LogP contribution in [0, 0.1) is 17.8 Å². The fraction of sp³-hybridized carbons (Fsp3) is 0.909. The molecule has 1 heterocycles. The quantitative estimate of drug-likeness (QED) is 0.658. The van der Waals surface area contributed by atoms with Gasteiger partial charge in [0.05, 0.1) is 13.2 Å². The minimum absolute atomic E-state index is 0.0884. The van der Waals surface area contributed by atoms with Crippen LogP contribution < -0.4 is 0 Å². The van der Waals surface area contributed by atoms with Gasteiger partial charge in [0.25, 0.3) is 0 Å². The molecule has 0 N–H and O–H groups in total. The maximum Gasteiger partial charge on any atom is 0.249 e. The SMILES string of the molecule is CON(C)C(=O)[C@H]1[C@H](C)[C@@H]1[C@H]1CCCO1. The molecule has 4 heteroatoms. The Balaban J connectivity index is 1.92. The lowest BCUT2D eigenvalue weighted by atomic mass is 10.1. The normalized spacial score (nSPS) is 39.1. The first kappa shape index (κ1) is 10.9. The van der Waals surface area contributed by atoms with E-state index in [1.54, 1.807) is 7.05 Å². The van der Waals surface area contributed by atoms with Crippen molar-refractivity contribution in [2.45, 2.75) is 25.9 Å². The highest BCUT2D eigenvalue weighted by Gasteiger charge is 2.57. The highest BCUT2D eigenvalue weighted by molar-refractivity contribution is 5.81. The van der Waals surface area contributed by atoms with Gasteiger partial charge in [-0.25, -0.2) is 5.06 Å². The van der Waals surface area contributed by atoms with Gasteiger partial charge in [0.2, 0.25) is 5.91 Å². The summed E-state index contributed by atoms with van der Waals surface area (Å²) in [6, 6.07) is 0. The number of hydrogen-bond donors (Lipinski definition) is 0. The van der Waals surface area contributed by atoms with Crippen molar-refractivity contribution in [2.75, 3.05) is 20.8 Å². The number of rotatable bonds is 3. The molecule has 1 saturated heterocycles. The Morgan fingerprint density at radius 3 is 2.80 bits per heavy atom. The number of ether oxygens (including phenoxy) is 1. The first-order valence-electron chi connectivity index (χ1n) is 5.60. The average Bonchev–Trinajstić information content (AvgIpc) is 2.70. The fourth-order valence-corrected chi connectivity index (χ4v) is 2.66. The summed E-state index contributed by atoms with van der Waals surface area (Å²) in [5, 5.41) is 1.33. The van der Waals surface area contributed by atoms with E-state index in [1.807, 2.05) is 0 Å². The van der Waals surface area contributed by atoms with Crippen molar-refractivity contribution < 1.29 is 14.4 Å². The van der Waals surface area contributed by atoms with Crippen LogP contribution in [-0.2, 0) is 14.4 Å². The van der Waals surface area contributed by atoms with E-state index in [0.717, 1.165) is 19.4 Å². The smallest absolute Gasteiger partial charge is 0.249 e. The highest BCUT2D eigenvalue weighted by Crippen LogP contribution is 2.51. The molecule has 2 fully saturated rings. The molecule has 2 aliphatic rings. The number of hydroxylamine groups is 2. The van der Waals surface area contributed by atoms with E-state index < -0.39 is 0 Å². The van der Waals surface area contributed by atoms with Crippen molar-refractivity contribution in [2.24, 2.45) is 17.8 Å². The van der Waals surface area contributed by atoms with Crippen molar-refractivity contribution in [3.05, 3.63) is 0 Å². The molecule has 1 amide bonds. The molecule has 4 atom stereocenters. The van der Waals surface area contributed by atoms with Gasteiger partial charge in [0.1, 0.15) is 0 Å². The summed E-state index contributed by atoms with van der Waals surface area (Å²) in [4.78, 5) is 16.8. The summed E-state index contributed by atoms with van der Waals surface area (Å²) < 4.78 is 5.63. The molecule has 0 aromatic heterocycles. The van der Waals surface area contributed by atoms with Crippen molar-refractivity contribution >= 4 is 5.91 Å². The minimum Gasteiger partial charge on any atom is -0.378 e.